The Hall–Kier alpha value is -2.15. The van der Waals surface area contributed by atoms with E-state index >= 15 is 0 Å². The SMILES string of the molecule is C=CCON1C(=O)N2CC(n3ccnn3)=C[C@@H]1C2. The van der Waals surface area contributed by atoms with Crippen LogP contribution in [0.1, 0.15) is 0 Å². The lowest BCUT2D eigenvalue weighted by atomic mass is 10.2. The summed E-state index contributed by atoms with van der Waals surface area (Å²) >= 11 is 0. The van der Waals surface area contributed by atoms with Gasteiger partial charge >= 0.3 is 6.03 Å². The van der Waals surface area contributed by atoms with Crippen molar-refractivity contribution in [2.24, 2.45) is 0 Å². The molecule has 1 aromatic rings. The van der Waals surface area contributed by atoms with Gasteiger partial charge in [0, 0.05) is 6.54 Å². The van der Waals surface area contributed by atoms with E-state index in [9.17, 15) is 4.79 Å². The zero-order chi connectivity index (χ0) is 12.5. The van der Waals surface area contributed by atoms with Crippen LogP contribution < -0.4 is 0 Å². The Balaban J connectivity index is 1.83. The zero-order valence-corrected chi connectivity index (χ0v) is 9.77. The predicted octanol–water partition coefficient (Wildman–Crippen LogP) is 0.356. The lowest BCUT2D eigenvalue weighted by Gasteiger charge is -2.20. The first-order valence-corrected chi connectivity index (χ1v) is 5.69. The summed E-state index contributed by atoms with van der Waals surface area (Å²) in [4.78, 5) is 19.1. The number of carbonyl (C=O) groups is 1. The molecule has 0 saturated carbocycles. The smallest absolute Gasteiger partial charge is 0.314 e. The van der Waals surface area contributed by atoms with Gasteiger partial charge in [-0.05, 0) is 6.08 Å². The standard InChI is InChI=1S/C11H13N5O2/c1-2-5-18-16-10-6-9(15-4-3-12-13-15)7-14(8-10)11(16)17/h2-4,6,10H,1,5,7-8H2/t10-/m1/s1. The topological polar surface area (TPSA) is 63.5 Å². The van der Waals surface area contributed by atoms with Gasteiger partial charge in [0.05, 0.1) is 37.3 Å². The number of hydroxylamine groups is 2. The minimum Gasteiger partial charge on any atom is -0.314 e. The van der Waals surface area contributed by atoms with Crippen molar-refractivity contribution in [1.29, 1.82) is 0 Å². The number of fused-ring (bicyclic) bond motifs is 2. The number of amides is 2. The fraction of sp³-hybridized carbons (Fsp3) is 0.364. The molecule has 3 heterocycles. The van der Waals surface area contributed by atoms with Crippen LogP contribution in [0.25, 0.3) is 5.70 Å². The van der Waals surface area contributed by atoms with E-state index in [2.05, 4.69) is 16.9 Å². The van der Waals surface area contributed by atoms with E-state index in [1.807, 2.05) is 6.08 Å². The Bertz CT molecular complexity index is 496. The van der Waals surface area contributed by atoms with Crippen molar-refractivity contribution >= 4 is 11.7 Å². The van der Waals surface area contributed by atoms with Gasteiger partial charge in [0.2, 0.25) is 0 Å². The molecule has 1 fully saturated rings. The van der Waals surface area contributed by atoms with Crippen LogP contribution in [0.5, 0.6) is 0 Å². The molecule has 0 N–H and O–H groups in total. The molecule has 0 aliphatic carbocycles. The molecule has 94 valence electrons. The molecule has 1 saturated heterocycles. The zero-order valence-electron chi connectivity index (χ0n) is 9.77. The summed E-state index contributed by atoms with van der Waals surface area (Å²) in [7, 11) is 0. The molecular weight excluding hydrogens is 234 g/mol. The molecule has 0 aromatic carbocycles. The lowest BCUT2D eigenvalue weighted by Crippen LogP contribution is -2.33. The Morgan fingerprint density at radius 3 is 3.22 bits per heavy atom. The molecule has 2 amide bonds. The van der Waals surface area contributed by atoms with Gasteiger partial charge in [0.1, 0.15) is 0 Å². The molecule has 1 atom stereocenters. The number of aromatic nitrogens is 3. The van der Waals surface area contributed by atoms with Crippen LogP contribution in [0.2, 0.25) is 0 Å². The lowest BCUT2D eigenvalue weighted by molar-refractivity contribution is -0.107. The van der Waals surface area contributed by atoms with Crippen molar-refractivity contribution in [2.75, 3.05) is 19.7 Å². The van der Waals surface area contributed by atoms with Crippen molar-refractivity contribution in [3.8, 4) is 0 Å². The van der Waals surface area contributed by atoms with E-state index in [-0.39, 0.29) is 12.1 Å². The molecule has 2 bridgehead atoms. The van der Waals surface area contributed by atoms with Crippen LogP contribution in [-0.2, 0) is 4.84 Å². The third kappa shape index (κ3) is 1.68. The van der Waals surface area contributed by atoms with Crippen molar-refractivity contribution in [1.82, 2.24) is 25.0 Å². The Morgan fingerprint density at radius 1 is 1.61 bits per heavy atom. The van der Waals surface area contributed by atoms with Crippen molar-refractivity contribution in [3.63, 3.8) is 0 Å². The van der Waals surface area contributed by atoms with Crippen LogP contribution in [0.15, 0.2) is 31.1 Å². The van der Waals surface area contributed by atoms with Gasteiger partial charge < -0.3 is 4.90 Å². The Kier molecular flexibility index (Phi) is 2.60. The summed E-state index contributed by atoms with van der Waals surface area (Å²) in [6.45, 7) is 5.06. The highest BCUT2D eigenvalue weighted by molar-refractivity contribution is 5.80. The number of hydrogen-bond acceptors (Lipinski definition) is 4. The third-order valence-electron chi connectivity index (χ3n) is 2.95. The van der Waals surface area contributed by atoms with E-state index in [4.69, 9.17) is 4.84 Å². The maximum atomic E-state index is 12.0. The van der Waals surface area contributed by atoms with Gasteiger partial charge in [0.25, 0.3) is 0 Å². The summed E-state index contributed by atoms with van der Waals surface area (Å²) in [5.41, 5.74) is 0.932. The van der Waals surface area contributed by atoms with Crippen molar-refractivity contribution < 1.29 is 9.63 Å². The molecule has 7 nitrogen and oxygen atoms in total. The quantitative estimate of drug-likeness (QED) is 0.720. The van der Waals surface area contributed by atoms with Crippen molar-refractivity contribution in [2.45, 2.75) is 6.04 Å². The first-order valence-electron chi connectivity index (χ1n) is 5.69. The second-order valence-electron chi connectivity index (χ2n) is 4.15. The van der Waals surface area contributed by atoms with Gasteiger partial charge in [0.15, 0.2) is 0 Å². The van der Waals surface area contributed by atoms with Gasteiger partial charge in [-0.2, -0.15) is 5.06 Å². The average molecular weight is 247 g/mol. The predicted molar refractivity (Wildman–Crippen MR) is 63.0 cm³/mol. The van der Waals surface area contributed by atoms with Crippen molar-refractivity contribution in [3.05, 3.63) is 31.1 Å². The summed E-state index contributed by atoms with van der Waals surface area (Å²) in [6.07, 6.45) is 6.98. The van der Waals surface area contributed by atoms with Crippen LogP contribution in [0.4, 0.5) is 4.79 Å². The highest BCUT2D eigenvalue weighted by Crippen LogP contribution is 2.26. The highest BCUT2D eigenvalue weighted by Gasteiger charge is 2.41. The maximum Gasteiger partial charge on any atom is 0.345 e. The van der Waals surface area contributed by atoms with E-state index in [1.54, 1.807) is 28.1 Å². The van der Waals surface area contributed by atoms with Crippen LogP contribution in [0.3, 0.4) is 0 Å². The molecule has 2 aliphatic rings. The highest BCUT2D eigenvalue weighted by atomic mass is 16.7. The first-order chi connectivity index (χ1) is 8.79. The molecule has 18 heavy (non-hydrogen) atoms. The molecule has 0 unspecified atom stereocenters. The van der Waals surface area contributed by atoms with Gasteiger partial charge in [-0.25, -0.2) is 9.48 Å². The Morgan fingerprint density at radius 2 is 2.50 bits per heavy atom. The summed E-state index contributed by atoms with van der Waals surface area (Å²) in [5.74, 6) is 0. The molecule has 0 radical (unpaired) electrons. The summed E-state index contributed by atoms with van der Waals surface area (Å²) < 4.78 is 1.67. The van der Waals surface area contributed by atoms with Crippen LogP contribution in [0, 0.1) is 0 Å². The second-order valence-corrected chi connectivity index (χ2v) is 4.15. The third-order valence-corrected chi connectivity index (χ3v) is 2.95. The Labute approximate surface area is 104 Å². The molecule has 3 rings (SSSR count). The number of rotatable bonds is 4. The van der Waals surface area contributed by atoms with E-state index in [0.29, 0.717) is 19.7 Å². The van der Waals surface area contributed by atoms with Crippen LogP contribution in [-0.4, -0.2) is 56.7 Å². The largest absolute Gasteiger partial charge is 0.345 e. The average Bonchev–Trinajstić information content (AvgIpc) is 2.98. The normalized spacial score (nSPS) is 22.3. The van der Waals surface area contributed by atoms with Crippen LogP contribution >= 0.6 is 0 Å². The minimum atomic E-state index is -0.117. The first kappa shape index (κ1) is 11.0. The summed E-state index contributed by atoms with van der Waals surface area (Å²) in [6, 6.07) is -0.196. The molecule has 0 spiro atoms. The number of nitrogens with zero attached hydrogens (tertiary/aromatic N) is 5. The van der Waals surface area contributed by atoms with E-state index < -0.39 is 0 Å². The van der Waals surface area contributed by atoms with E-state index in [0.717, 1.165) is 5.70 Å². The van der Waals surface area contributed by atoms with Gasteiger partial charge in [-0.1, -0.05) is 11.3 Å². The number of urea groups is 1. The van der Waals surface area contributed by atoms with Gasteiger partial charge in [-0.3, -0.25) is 4.84 Å². The molecular formula is C11H13N5O2. The second kappa shape index (κ2) is 4.26. The van der Waals surface area contributed by atoms with E-state index in [1.165, 1.54) is 5.06 Å². The number of carbonyl (C=O) groups excluding carboxylic acids is 1. The molecule has 7 heteroatoms. The maximum absolute atomic E-state index is 12.0. The van der Waals surface area contributed by atoms with Gasteiger partial charge in [-0.15, -0.1) is 11.7 Å². The molecule has 2 aliphatic heterocycles. The summed E-state index contributed by atoms with van der Waals surface area (Å²) in [5, 5.41) is 9.09. The fourth-order valence-electron chi connectivity index (χ4n) is 2.18. The number of hydrogen-bond donors (Lipinski definition) is 0. The monoisotopic (exact) mass is 247 g/mol. The molecule has 1 aromatic heterocycles. The fourth-order valence-corrected chi connectivity index (χ4v) is 2.18. The minimum absolute atomic E-state index is 0.0783.